The van der Waals surface area contributed by atoms with E-state index >= 15 is 0 Å². The second-order valence-electron chi connectivity index (χ2n) is 7.53. The number of para-hydroxylation sites is 1. The lowest BCUT2D eigenvalue weighted by Crippen LogP contribution is -2.54. The summed E-state index contributed by atoms with van der Waals surface area (Å²) in [6.07, 6.45) is 0. The van der Waals surface area contributed by atoms with Gasteiger partial charge in [-0.2, -0.15) is 0 Å². The Morgan fingerprint density at radius 2 is 1.93 bits per heavy atom. The van der Waals surface area contributed by atoms with Gasteiger partial charge in [0.2, 0.25) is 5.91 Å². The van der Waals surface area contributed by atoms with Gasteiger partial charge in [-0.05, 0) is 26.8 Å². The number of benzene rings is 1. The average Bonchev–Trinajstić information content (AvgIpc) is 2.99. The number of rotatable bonds is 5. The SMILES string of the molecule is CN=C(NCc1oc2ccccc2c1C)N1CCN(CC(=O)NC(C)C)CC1. The van der Waals surface area contributed by atoms with E-state index in [1.807, 2.05) is 32.0 Å². The first kappa shape index (κ1) is 20.2. The van der Waals surface area contributed by atoms with Crippen LogP contribution < -0.4 is 10.6 Å². The number of furan rings is 1. The second-order valence-corrected chi connectivity index (χ2v) is 7.53. The van der Waals surface area contributed by atoms with Crippen molar-refractivity contribution in [1.82, 2.24) is 20.4 Å². The monoisotopic (exact) mass is 385 g/mol. The summed E-state index contributed by atoms with van der Waals surface area (Å²) in [6.45, 7) is 10.5. The molecule has 1 saturated heterocycles. The fourth-order valence-electron chi connectivity index (χ4n) is 3.57. The first-order valence-corrected chi connectivity index (χ1v) is 9.92. The van der Waals surface area contributed by atoms with E-state index in [4.69, 9.17) is 4.42 Å². The molecule has 2 aromatic rings. The summed E-state index contributed by atoms with van der Waals surface area (Å²) in [5, 5.41) is 7.53. The van der Waals surface area contributed by atoms with Crippen LogP contribution in [0.25, 0.3) is 11.0 Å². The highest BCUT2D eigenvalue weighted by atomic mass is 16.3. The Kier molecular flexibility index (Phi) is 6.57. The summed E-state index contributed by atoms with van der Waals surface area (Å²) >= 11 is 0. The number of piperazine rings is 1. The Morgan fingerprint density at radius 3 is 2.57 bits per heavy atom. The highest BCUT2D eigenvalue weighted by Crippen LogP contribution is 2.24. The molecule has 2 N–H and O–H groups in total. The molecule has 1 aliphatic rings. The highest BCUT2D eigenvalue weighted by molar-refractivity contribution is 5.83. The number of hydrogen-bond donors (Lipinski definition) is 2. The van der Waals surface area contributed by atoms with Crippen LogP contribution in [0, 0.1) is 6.92 Å². The van der Waals surface area contributed by atoms with E-state index < -0.39 is 0 Å². The van der Waals surface area contributed by atoms with E-state index in [9.17, 15) is 4.79 Å². The molecule has 0 bridgehead atoms. The molecular weight excluding hydrogens is 354 g/mol. The molecule has 1 aliphatic heterocycles. The number of aryl methyl sites for hydroxylation is 1. The van der Waals surface area contributed by atoms with Gasteiger partial charge in [-0.3, -0.25) is 14.7 Å². The summed E-state index contributed by atoms with van der Waals surface area (Å²) in [5.41, 5.74) is 2.08. The summed E-state index contributed by atoms with van der Waals surface area (Å²) in [6, 6.07) is 8.28. The Bertz CT molecular complexity index is 834. The fourth-order valence-corrected chi connectivity index (χ4v) is 3.57. The Hall–Kier alpha value is -2.54. The maximum Gasteiger partial charge on any atom is 0.234 e. The average molecular weight is 386 g/mol. The van der Waals surface area contributed by atoms with Crippen LogP contribution in [0.4, 0.5) is 0 Å². The van der Waals surface area contributed by atoms with E-state index in [-0.39, 0.29) is 11.9 Å². The van der Waals surface area contributed by atoms with Gasteiger partial charge in [-0.25, -0.2) is 0 Å². The summed E-state index contributed by atoms with van der Waals surface area (Å²) in [5.74, 6) is 1.89. The molecule has 1 aromatic carbocycles. The van der Waals surface area contributed by atoms with E-state index in [1.54, 1.807) is 7.05 Å². The fraction of sp³-hybridized carbons (Fsp3) is 0.524. The number of guanidine groups is 1. The van der Waals surface area contributed by atoms with Crippen molar-refractivity contribution in [3.8, 4) is 0 Å². The zero-order valence-corrected chi connectivity index (χ0v) is 17.3. The molecule has 152 valence electrons. The highest BCUT2D eigenvalue weighted by Gasteiger charge is 2.21. The van der Waals surface area contributed by atoms with Gasteiger partial charge < -0.3 is 20.0 Å². The lowest BCUT2D eigenvalue weighted by atomic mass is 10.1. The third kappa shape index (κ3) is 4.84. The normalized spacial score (nSPS) is 16.0. The molecule has 0 spiro atoms. The number of amides is 1. The van der Waals surface area contributed by atoms with Crippen LogP contribution in [0.1, 0.15) is 25.2 Å². The Balaban J connectivity index is 1.52. The first-order valence-electron chi connectivity index (χ1n) is 9.92. The van der Waals surface area contributed by atoms with Crippen molar-refractivity contribution in [3.63, 3.8) is 0 Å². The molecular formula is C21H31N5O2. The topological polar surface area (TPSA) is 73.1 Å². The van der Waals surface area contributed by atoms with Gasteiger partial charge in [-0.1, -0.05) is 18.2 Å². The van der Waals surface area contributed by atoms with Crippen LogP contribution in [-0.2, 0) is 11.3 Å². The maximum absolute atomic E-state index is 11.9. The molecule has 0 aliphatic carbocycles. The zero-order chi connectivity index (χ0) is 20.1. The standard InChI is InChI=1S/C21H31N5O2/c1-15(2)24-20(27)14-25-9-11-26(12-10-25)21(22-4)23-13-19-16(3)17-7-5-6-8-18(17)28-19/h5-8,15H,9-14H2,1-4H3,(H,22,23)(H,24,27). The molecule has 1 fully saturated rings. The smallest absolute Gasteiger partial charge is 0.234 e. The van der Waals surface area contributed by atoms with Crippen molar-refractivity contribution < 1.29 is 9.21 Å². The van der Waals surface area contributed by atoms with Crippen molar-refractivity contribution >= 4 is 22.8 Å². The van der Waals surface area contributed by atoms with Crippen LogP contribution in [0.15, 0.2) is 33.7 Å². The number of carbonyl (C=O) groups excluding carboxylic acids is 1. The minimum absolute atomic E-state index is 0.0892. The van der Waals surface area contributed by atoms with E-state index in [1.165, 1.54) is 5.56 Å². The number of hydrogen-bond acceptors (Lipinski definition) is 4. The van der Waals surface area contributed by atoms with E-state index in [0.717, 1.165) is 48.9 Å². The predicted octanol–water partition coefficient (Wildman–Crippen LogP) is 1.96. The predicted molar refractivity (Wildman–Crippen MR) is 112 cm³/mol. The van der Waals surface area contributed by atoms with Crippen LogP contribution in [0.5, 0.6) is 0 Å². The van der Waals surface area contributed by atoms with Crippen molar-refractivity contribution in [3.05, 3.63) is 35.6 Å². The number of aliphatic imine (C=N–C) groups is 1. The van der Waals surface area contributed by atoms with Gasteiger partial charge in [0, 0.05) is 50.2 Å². The van der Waals surface area contributed by atoms with E-state index in [2.05, 4.69) is 38.4 Å². The van der Waals surface area contributed by atoms with Gasteiger partial charge in [0.1, 0.15) is 11.3 Å². The van der Waals surface area contributed by atoms with Gasteiger partial charge in [0.05, 0.1) is 13.1 Å². The number of carbonyl (C=O) groups is 1. The Morgan fingerprint density at radius 1 is 1.21 bits per heavy atom. The van der Waals surface area contributed by atoms with Crippen LogP contribution in [-0.4, -0.2) is 67.5 Å². The molecule has 0 saturated carbocycles. The van der Waals surface area contributed by atoms with Gasteiger partial charge >= 0.3 is 0 Å². The van der Waals surface area contributed by atoms with Crippen molar-refractivity contribution in [1.29, 1.82) is 0 Å². The largest absolute Gasteiger partial charge is 0.459 e. The van der Waals surface area contributed by atoms with Gasteiger partial charge in [0.15, 0.2) is 5.96 Å². The summed E-state index contributed by atoms with van der Waals surface area (Å²) in [4.78, 5) is 20.8. The number of fused-ring (bicyclic) bond motifs is 1. The first-order chi connectivity index (χ1) is 13.5. The lowest BCUT2D eigenvalue weighted by Gasteiger charge is -2.36. The third-order valence-corrected chi connectivity index (χ3v) is 5.05. The molecule has 0 unspecified atom stereocenters. The van der Waals surface area contributed by atoms with Crippen LogP contribution in [0.2, 0.25) is 0 Å². The van der Waals surface area contributed by atoms with E-state index in [0.29, 0.717) is 13.1 Å². The third-order valence-electron chi connectivity index (χ3n) is 5.05. The molecule has 2 heterocycles. The molecule has 28 heavy (non-hydrogen) atoms. The minimum atomic E-state index is 0.0892. The quantitative estimate of drug-likeness (QED) is 0.608. The summed E-state index contributed by atoms with van der Waals surface area (Å²) in [7, 11) is 1.80. The molecule has 7 heteroatoms. The number of nitrogens with zero attached hydrogens (tertiary/aromatic N) is 3. The zero-order valence-electron chi connectivity index (χ0n) is 17.3. The molecule has 1 amide bonds. The summed E-state index contributed by atoms with van der Waals surface area (Å²) < 4.78 is 5.98. The minimum Gasteiger partial charge on any atom is -0.459 e. The molecule has 7 nitrogen and oxygen atoms in total. The number of nitrogens with one attached hydrogen (secondary N) is 2. The molecule has 0 radical (unpaired) electrons. The van der Waals surface area contributed by atoms with Crippen LogP contribution in [0.3, 0.4) is 0 Å². The van der Waals surface area contributed by atoms with Crippen molar-refractivity contribution in [2.24, 2.45) is 4.99 Å². The van der Waals surface area contributed by atoms with Crippen LogP contribution >= 0.6 is 0 Å². The molecule has 1 aromatic heterocycles. The van der Waals surface area contributed by atoms with Gasteiger partial charge in [-0.15, -0.1) is 0 Å². The van der Waals surface area contributed by atoms with Crippen molar-refractivity contribution in [2.45, 2.75) is 33.4 Å². The Labute approximate surface area is 166 Å². The maximum atomic E-state index is 11.9. The molecule has 3 rings (SSSR count). The van der Waals surface area contributed by atoms with Gasteiger partial charge in [0.25, 0.3) is 0 Å². The second kappa shape index (κ2) is 9.10. The van der Waals surface area contributed by atoms with Crippen molar-refractivity contribution in [2.75, 3.05) is 39.8 Å². The lowest BCUT2D eigenvalue weighted by molar-refractivity contribution is -0.123. The molecule has 0 atom stereocenters.